The number of rotatable bonds is 6. The zero-order chi connectivity index (χ0) is 29.7. The number of benzene rings is 1. The van der Waals surface area contributed by atoms with E-state index in [2.05, 4.69) is 31.6 Å². The minimum Gasteiger partial charge on any atom is -0.445 e. The topological polar surface area (TPSA) is 177 Å². The van der Waals surface area contributed by atoms with Gasteiger partial charge in [0.25, 0.3) is 0 Å². The number of aromatic nitrogens is 3. The Morgan fingerprint density at radius 2 is 1.83 bits per heavy atom. The van der Waals surface area contributed by atoms with Crippen molar-refractivity contribution in [3.8, 4) is 0 Å². The highest BCUT2D eigenvalue weighted by Crippen LogP contribution is 2.27. The SMILES string of the molecule is O=C1CC[C@@H](CO)NC(=O)[C@H](CC2CCCCC2)NC(=O)[C@@H](NC(=O)OCc2ccccc2)Cc2cn(nn2)CCN1. The van der Waals surface area contributed by atoms with Crippen molar-refractivity contribution >= 4 is 23.8 Å². The first kappa shape index (κ1) is 30.9. The molecule has 1 aromatic heterocycles. The average molecular weight is 584 g/mol. The Bertz CT molecular complexity index is 1180. The Balaban J connectivity index is 1.53. The average Bonchev–Trinajstić information content (AvgIpc) is 3.45. The number of nitrogens with zero attached hydrogens (tertiary/aromatic N) is 3. The van der Waals surface area contributed by atoms with Gasteiger partial charge in [0.1, 0.15) is 18.7 Å². The molecule has 0 radical (unpaired) electrons. The molecule has 228 valence electrons. The van der Waals surface area contributed by atoms with Gasteiger partial charge in [-0.15, -0.1) is 5.10 Å². The summed E-state index contributed by atoms with van der Waals surface area (Å²) in [6, 6.07) is 6.54. The molecule has 1 saturated carbocycles. The molecule has 3 atom stereocenters. The standard InChI is InChI=1S/C29H41N7O6/c37-18-22-11-12-26(38)30-13-14-36-17-23(34-35-36)16-25(33-29(41)42-19-21-9-5-2-6-10-21)28(40)32-24(27(39)31-22)15-20-7-3-1-4-8-20/h2,5-6,9-10,17,20,22,24-25,37H,1,3-4,7-8,11-16,18-19H2,(H,30,38)(H,31,39)(H,32,40)(H,33,41)/t22-,24-,25-/m0/s1. The predicted molar refractivity (Wildman–Crippen MR) is 152 cm³/mol. The Morgan fingerprint density at radius 1 is 1.05 bits per heavy atom. The molecule has 0 saturated heterocycles. The van der Waals surface area contributed by atoms with Crippen LogP contribution in [0, 0.1) is 5.92 Å². The highest BCUT2D eigenvalue weighted by atomic mass is 16.5. The van der Waals surface area contributed by atoms with Crippen LogP contribution in [0.1, 0.15) is 62.6 Å². The van der Waals surface area contributed by atoms with Gasteiger partial charge in [-0.1, -0.05) is 67.6 Å². The van der Waals surface area contributed by atoms with Crippen molar-refractivity contribution in [2.75, 3.05) is 13.2 Å². The lowest BCUT2D eigenvalue weighted by molar-refractivity contribution is -0.131. The van der Waals surface area contributed by atoms with Gasteiger partial charge >= 0.3 is 6.09 Å². The summed E-state index contributed by atoms with van der Waals surface area (Å²) in [6.45, 7) is 0.334. The molecular weight excluding hydrogens is 542 g/mol. The fourth-order valence-electron chi connectivity index (χ4n) is 5.34. The van der Waals surface area contributed by atoms with Gasteiger partial charge in [0.05, 0.1) is 24.9 Å². The smallest absolute Gasteiger partial charge is 0.408 e. The predicted octanol–water partition coefficient (Wildman–Crippen LogP) is 0.958. The lowest BCUT2D eigenvalue weighted by Gasteiger charge is -2.29. The van der Waals surface area contributed by atoms with Crippen molar-refractivity contribution in [3.63, 3.8) is 0 Å². The molecule has 0 unspecified atom stereocenters. The van der Waals surface area contributed by atoms with Crippen molar-refractivity contribution in [3.05, 3.63) is 47.8 Å². The van der Waals surface area contributed by atoms with E-state index in [1.165, 1.54) is 0 Å². The Kier molecular flexibility index (Phi) is 11.7. The van der Waals surface area contributed by atoms with E-state index in [1.54, 1.807) is 10.9 Å². The van der Waals surface area contributed by atoms with Gasteiger partial charge in [-0.05, 0) is 24.3 Å². The minimum atomic E-state index is -1.09. The van der Waals surface area contributed by atoms with E-state index in [9.17, 15) is 24.3 Å². The number of hydrogen-bond acceptors (Lipinski definition) is 8. The third-order valence-corrected chi connectivity index (χ3v) is 7.70. The number of carbonyl (C=O) groups is 4. The van der Waals surface area contributed by atoms with E-state index < -0.39 is 36.0 Å². The number of carbonyl (C=O) groups excluding carboxylic acids is 4. The van der Waals surface area contributed by atoms with Gasteiger partial charge < -0.3 is 31.1 Å². The third-order valence-electron chi connectivity index (χ3n) is 7.70. The van der Waals surface area contributed by atoms with E-state index in [4.69, 9.17) is 4.74 Å². The second-order valence-electron chi connectivity index (χ2n) is 11.0. The van der Waals surface area contributed by atoms with Crippen LogP contribution < -0.4 is 21.3 Å². The summed E-state index contributed by atoms with van der Waals surface area (Å²) in [5, 5.41) is 29.2. The highest BCUT2D eigenvalue weighted by Gasteiger charge is 2.31. The van der Waals surface area contributed by atoms with Gasteiger partial charge in [-0.25, -0.2) is 4.79 Å². The minimum absolute atomic E-state index is 0.00959. The normalized spacial score (nSPS) is 23.2. The maximum atomic E-state index is 13.7. The summed E-state index contributed by atoms with van der Waals surface area (Å²) in [7, 11) is 0. The third kappa shape index (κ3) is 9.82. The summed E-state index contributed by atoms with van der Waals surface area (Å²) >= 11 is 0. The molecule has 2 heterocycles. The van der Waals surface area contributed by atoms with Crippen molar-refractivity contribution in [2.45, 2.75) is 89.1 Å². The summed E-state index contributed by atoms with van der Waals surface area (Å²) in [5.74, 6) is -0.949. The first-order chi connectivity index (χ1) is 20.4. The molecule has 1 aliphatic heterocycles. The Morgan fingerprint density at radius 3 is 2.60 bits per heavy atom. The number of nitrogens with one attached hydrogen (secondary N) is 4. The first-order valence-corrected chi connectivity index (χ1v) is 14.7. The molecule has 5 N–H and O–H groups in total. The largest absolute Gasteiger partial charge is 0.445 e. The van der Waals surface area contributed by atoms with E-state index in [0.717, 1.165) is 37.7 Å². The molecule has 2 bridgehead atoms. The number of alkyl carbamates (subject to hydrolysis) is 1. The lowest BCUT2D eigenvalue weighted by atomic mass is 9.84. The number of ether oxygens (including phenoxy) is 1. The highest BCUT2D eigenvalue weighted by molar-refractivity contribution is 5.91. The maximum Gasteiger partial charge on any atom is 0.408 e. The molecule has 42 heavy (non-hydrogen) atoms. The van der Waals surface area contributed by atoms with Crippen LogP contribution >= 0.6 is 0 Å². The van der Waals surface area contributed by atoms with Crippen LogP contribution in [-0.2, 0) is 38.7 Å². The van der Waals surface area contributed by atoms with E-state index in [1.807, 2.05) is 30.3 Å². The van der Waals surface area contributed by atoms with Gasteiger partial charge in [-0.3, -0.25) is 19.1 Å². The second kappa shape index (κ2) is 15.9. The lowest BCUT2D eigenvalue weighted by Crippen LogP contribution is -2.56. The quantitative estimate of drug-likeness (QED) is 0.334. The first-order valence-electron chi connectivity index (χ1n) is 14.7. The number of aliphatic hydroxyl groups is 1. The summed E-state index contributed by atoms with van der Waals surface area (Å²) in [5.41, 5.74) is 1.24. The Labute approximate surface area is 245 Å². The maximum absolute atomic E-state index is 13.7. The number of hydrogen-bond donors (Lipinski definition) is 5. The van der Waals surface area contributed by atoms with E-state index >= 15 is 0 Å². The van der Waals surface area contributed by atoms with Crippen LogP contribution in [0.25, 0.3) is 0 Å². The zero-order valence-electron chi connectivity index (χ0n) is 23.8. The van der Waals surface area contributed by atoms with E-state index in [0.29, 0.717) is 25.2 Å². The van der Waals surface area contributed by atoms with Crippen LogP contribution in [0.5, 0.6) is 0 Å². The zero-order valence-corrected chi connectivity index (χ0v) is 23.8. The molecule has 4 rings (SSSR count). The van der Waals surface area contributed by atoms with Crippen LogP contribution in [-0.4, -0.2) is 75.2 Å². The number of fused-ring (bicyclic) bond motifs is 2. The van der Waals surface area contributed by atoms with Crippen LogP contribution in [0.2, 0.25) is 0 Å². The van der Waals surface area contributed by atoms with Crippen molar-refractivity contribution in [1.82, 2.24) is 36.3 Å². The second-order valence-corrected chi connectivity index (χ2v) is 11.0. The molecule has 1 aliphatic carbocycles. The molecule has 0 spiro atoms. The monoisotopic (exact) mass is 583 g/mol. The van der Waals surface area contributed by atoms with Crippen molar-refractivity contribution < 1.29 is 29.0 Å². The molecular formula is C29H41N7O6. The molecule has 13 heteroatoms. The van der Waals surface area contributed by atoms with Gasteiger partial charge in [-0.2, -0.15) is 0 Å². The molecule has 1 fully saturated rings. The van der Waals surface area contributed by atoms with Crippen molar-refractivity contribution in [1.29, 1.82) is 0 Å². The molecule has 2 aromatic rings. The fraction of sp³-hybridized carbons (Fsp3) is 0.586. The van der Waals surface area contributed by atoms with Gasteiger partial charge in [0.2, 0.25) is 17.7 Å². The van der Waals surface area contributed by atoms with Gasteiger partial charge in [0, 0.05) is 25.6 Å². The van der Waals surface area contributed by atoms with Crippen LogP contribution in [0.4, 0.5) is 4.79 Å². The molecule has 13 nitrogen and oxygen atoms in total. The number of amides is 4. The fourth-order valence-corrected chi connectivity index (χ4v) is 5.34. The Hall–Kier alpha value is -4.00. The summed E-state index contributed by atoms with van der Waals surface area (Å²) in [6.07, 6.45) is 6.85. The van der Waals surface area contributed by atoms with Crippen LogP contribution in [0.3, 0.4) is 0 Å². The molecule has 1 aromatic carbocycles. The summed E-state index contributed by atoms with van der Waals surface area (Å²) < 4.78 is 6.90. The van der Waals surface area contributed by atoms with Crippen molar-refractivity contribution in [2.24, 2.45) is 5.92 Å². The van der Waals surface area contributed by atoms with Crippen LogP contribution in [0.15, 0.2) is 36.5 Å². The van der Waals surface area contributed by atoms with E-state index in [-0.39, 0.29) is 44.3 Å². The summed E-state index contributed by atoms with van der Waals surface area (Å²) in [4.78, 5) is 52.2. The number of aliphatic hydroxyl groups excluding tert-OH is 1. The van der Waals surface area contributed by atoms with Gasteiger partial charge in [0.15, 0.2) is 0 Å². The molecule has 4 amide bonds. The molecule has 2 aliphatic rings.